The molecular formula is C9H22ClN3O2S. The third-order valence-electron chi connectivity index (χ3n) is 2.74. The van der Waals surface area contributed by atoms with Crippen molar-refractivity contribution in [3.05, 3.63) is 0 Å². The molecule has 98 valence electrons. The first kappa shape index (κ1) is 16.1. The minimum absolute atomic E-state index is 0. The van der Waals surface area contributed by atoms with Gasteiger partial charge in [0, 0.05) is 19.1 Å². The lowest BCUT2D eigenvalue weighted by Gasteiger charge is -2.30. The van der Waals surface area contributed by atoms with E-state index in [4.69, 9.17) is 5.73 Å². The molecule has 1 saturated heterocycles. The maximum atomic E-state index is 11.2. The maximum Gasteiger partial charge on any atom is 0.211 e. The minimum Gasteiger partial charge on any atom is -0.330 e. The summed E-state index contributed by atoms with van der Waals surface area (Å²) in [5, 5.41) is 3.39. The molecule has 0 atom stereocenters. The average Bonchev–Trinajstić information content (AvgIpc) is 2.18. The van der Waals surface area contributed by atoms with Gasteiger partial charge in [0.05, 0.1) is 6.26 Å². The second-order valence-corrected chi connectivity index (χ2v) is 6.02. The highest BCUT2D eigenvalue weighted by Gasteiger charge is 2.24. The van der Waals surface area contributed by atoms with Crippen LogP contribution in [0.1, 0.15) is 19.3 Å². The van der Waals surface area contributed by atoms with Gasteiger partial charge in [-0.1, -0.05) is 0 Å². The van der Waals surface area contributed by atoms with Crippen LogP contribution in [0.15, 0.2) is 0 Å². The van der Waals surface area contributed by atoms with Crippen molar-refractivity contribution in [1.29, 1.82) is 0 Å². The van der Waals surface area contributed by atoms with E-state index in [0.29, 0.717) is 25.7 Å². The Bertz CT molecular complexity index is 276. The molecule has 0 spiro atoms. The lowest BCUT2D eigenvalue weighted by molar-refractivity contribution is 0.291. The molecule has 1 aliphatic rings. The standard InChI is InChI=1S/C9H21N3O2S.ClH/c1-15(13,14)12-7-3-9(4-8-12)11-6-2-5-10;/h9,11H,2-8,10H2,1H3;1H. The Morgan fingerprint density at radius 3 is 2.38 bits per heavy atom. The van der Waals surface area contributed by atoms with E-state index in [1.54, 1.807) is 4.31 Å². The summed E-state index contributed by atoms with van der Waals surface area (Å²) in [6.07, 6.45) is 4.05. The van der Waals surface area contributed by atoms with Crippen LogP contribution < -0.4 is 11.1 Å². The highest BCUT2D eigenvalue weighted by molar-refractivity contribution is 7.88. The van der Waals surface area contributed by atoms with E-state index in [-0.39, 0.29) is 12.4 Å². The van der Waals surface area contributed by atoms with E-state index < -0.39 is 10.0 Å². The summed E-state index contributed by atoms with van der Waals surface area (Å²) in [6, 6.07) is 0.453. The number of rotatable bonds is 5. The van der Waals surface area contributed by atoms with Crippen LogP contribution in [0.5, 0.6) is 0 Å². The van der Waals surface area contributed by atoms with Crippen molar-refractivity contribution < 1.29 is 8.42 Å². The van der Waals surface area contributed by atoms with Crippen LogP contribution in [0, 0.1) is 0 Å². The fraction of sp³-hybridized carbons (Fsp3) is 1.00. The van der Waals surface area contributed by atoms with Crippen LogP contribution >= 0.6 is 12.4 Å². The first-order valence-corrected chi connectivity index (χ1v) is 7.27. The predicted molar refractivity (Wildman–Crippen MR) is 68.4 cm³/mol. The number of piperidine rings is 1. The molecule has 7 heteroatoms. The van der Waals surface area contributed by atoms with E-state index in [9.17, 15) is 8.42 Å². The molecule has 1 heterocycles. The topological polar surface area (TPSA) is 75.4 Å². The summed E-state index contributed by atoms with van der Waals surface area (Å²) < 4.78 is 24.0. The Labute approximate surface area is 104 Å². The number of sulfonamides is 1. The molecule has 1 fully saturated rings. The van der Waals surface area contributed by atoms with Crippen LogP contribution in [0.25, 0.3) is 0 Å². The number of nitrogens with two attached hydrogens (primary N) is 1. The Kier molecular flexibility index (Phi) is 7.50. The molecule has 16 heavy (non-hydrogen) atoms. The lowest BCUT2D eigenvalue weighted by Crippen LogP contribution is -2.44. The van der Waals surface area contributed by atoms with Gasteiger partial charge in [-0.25, -0.2) is 12.7 Å². The van der Waals surface area contributed by atoms with Crippen LogP contribution in [-0.4, -0.2) is 51.2 Å². The van der Waals surface area contributed by atoms with Crippen molar-refractivity contribution in [3.63, 3.8) is 0 Å². The summed E-state index contributed by atoms with van der Waals surface area (Å²) in [5.74, 6) is 0. The normalized spacial score (nSPS) is 19.4. The highest BCUT2D eigenvalue weighted by atomic mass is 35.5. The number of hydrogen-bond donors (Lipinski definition) is 2. The summed E-state index contributed by atoms with van der Waals surface area (Å²) in [4.78, 5) is 0. The summed E-state index contributed by atoms with van der Waals surface area (Å²) >= 11 is 0. The average molecular weight is 272 g/mol. The van der Waals surface area contributed by atoms with Gasteiger partial charge in [0.15, 0.2) is 0 Å². The first-order chi connectivity index (χ1) is 7.04. The zero-order valence-corrected chi connectivity index (χ0v) is 11.3. The van der Waals surface area contributed by atoms with Gasteiger partial charge in [-0.15, -0.1) is 12.4 Å². The number of nitrogens with one attached hydrogen (secondary N) is 1. The highest BCUT2D eigenvalue weighted by Crippen LogP contribution is 2.12. The van der Waals surface area contributed by atoms with Gasteiger partial charge in [-0.3, -0.25) is 0 Å². The molecule has 0 aromatic carbocycles. The second-order valence-electron chi connectivity index (χ2n) is 4.03. The quantitative estimate of drug-likeness (QED) is 0.678. The Morgan fingerprint density at radius 2 is 1.94 bits per heavy atom. The van der Waals surface area contributed by atoms with Crippen molar-refractivity contribution in [3.8, 4) is 0 Å². The summed E-state index contributed by atoms with van der Waals surface area (Å²) in [7, 11) is -2.99. The minimum atomic E-state index is -2.99. The molecule has 0 bridgehead atoms. The molecule has 0 aliphatic carbocycles. The van der Waals surface area contributed by atoms with Gasteiger partial charge in [0.2, 0.25) is 10.0 Å². The first-order valence-electron chi connectivity index (χ1n) is 5.42. The smallest absolute Gasteiger partial charge is 0.211 e. The number of nitrogens with zero attached hydrogens (tertiary/aromatic N) is 1. The van der Waals surface area contributed by atoms with Gasteiger partial charge in [-0.05, 0) is 32.4 Å². The molecule has 1 aliphatic heterocycles. The van der Waals surface area contributed by atoms with Crippen molar-refractivity contribution in [2.75, 3.05) is 32.4 Å². The van der Waals surface area contributed by atoms with E-state index in [2.05, 4.69) is 5.32 Å². The monoisotopic (exact) mass is 271 g/mol. The van der Waals surface area contributed by atoms with E-state index in [0.717, 1.165) is 25.8 Å². The molecule has 0 amide bonds. The van der Waals surface area contributed by atoms with Crippen LogP contribution in [0.3, 0.4) is 0 Å². The van der Waals surface area contributed by atoms with Crippen molar-refractivity contribution in [1.82, 2.24) is 9.62 Å². The molecular weight excluding hydrogens is 250 g/mol. The Morgan fingerprint density at radius 1 is 1.38 bits per heavy atom. The number of hydrogen-bond acceptors (Lipinski definition) is 4. The Balaban J connectivity index is 0.00000225. The molecule has 1 rings (SSSR count). The molecule has 0 aromatic rings. The summed E-state index contributed by atoms with van der Waals surface area (Å²) in [5.41, 5.74) is 5.40. The lowest BCUT2D eigenvalue weighted by atomic mass is 10.1. The fourth-order valence-electron chi connectivity index (χ4n) is 1.80. The Hall–Kier alpha value is 0.120. The zero-order chi connectivity index (χ0) is 11.3. The van der Waals surface area contributed by atoms with Crippen LogP contribution in [-0.2, 0) is 10.0 Å². The number of halogens is 1. The molecule has 0 saturated carbocycles. The molecule has 3 N–H and O–H groups in total. The fourth-order valence-corrected chi connectivity index (χ4v) is 2.67. The van der Waals surface area contributed by atoms with E-state index in [1.165, 1.54) is 6.26 Å². The largest absolute Gasteiger partial charge is 0.330 e. The second kappa shape index (κ2) is 7.45. The van der Waals surface area contributed by atoms with Gasteiger partial charge in [0.1, 0.15) is 0 Å². The third-order valence-corrected chi connectivity index (χ3v) is 4.04. The molecule has 0 radical (unpaired) electrons. The van der Waals surface area contributed by atoms with Gasteiger partial charge < -0.3 is 11.1 Å². The van der Waals surface area contributed by atoms with E-state index >= 15 is 0 Å². The zero-order valence-electron chi connectivity index (χ0n) is 9.68. The van der Waals surface area contributed by atoms with Crippen LogP contribution in [0.2, 0.25) is 0 Å². The van der Waals surface area contributed by atoms with Gasteiger partial charge >= 0.3 is 0 Å². The van der Waals surface area contributed by atoms with Crippen LogP contribution in [0.4, 0.5) is 0 Å². The summed E-state index contributed by atoms with van der Waals surface area (Å²) in [6.45, 7) is 2.91. The SMILES string of the molecule is CS(=O)(=O)N1CCC(NCCCN)CC1.Cl. The predicted octanol–water partition coefficient (Wildman–Crippen LogP) is -0.229. The molecule has 5 nitrogen and oxygen atoms in total. The maximum absolute atomic E-state index is 11.2. The van der Waals surface area contributed by atoms with E-state index in [1.807, 2.05) is 0 Å². The third kappa shape index (κ3) is 5.45. The van der Waals surface area contributed by atoms with Gasteiger partial charge in [0.25, 0.3) is 0 Å². The van der Waals surface area contributed by atoms with Gasteiger partial charge in [-0.2, -0.15) is 0 Å². The molecule has 0 aromatic heterocycles. The van der Waals surface area contributed by atoms with Crippen molar-refractivity contribution >= 4 is 22.4 Å². The van der Waals surface area contributed by atoms with Crippen molar-refractivity contribution in [2.45, 2.75) is 25.3 Å². The van der Waals surface area contributed by atoms with Crippen molar-refractivity contribution in [2.24, 2.45) is 5.73 Å². The molecule has 0 unspecified atom stereocenters.